The molecule has 0 saturated carbocycles. The molecule has 2 amide bonds. The number of imidazole rings is 1. The molecule has 6 nitrogen and oxygen atoms in total. The van der Waals surface area contributed by atoms with Crippen LogP contribution in [-0.2, 0) is 4.79 Å². The number of carbonyl (C=O) groups excluding carboxylic acids is 2. The van der Waals surface area contributed by atoms with Gasteiger partial charge in [0.2, 0.25) is 11.8 Å². The van der Waals surface area contributed by atoms with Gasteiger partial charge in [-0.2, -0.15) is 0 Å². The van der Waals surface area contributed by atoms with Gasteiger partial charge in [-0.15, -0.1) is 0 Å². The van der Waals surface area contributed by atoms with Crippen LogP contribution < -0.4 is 11.1 Å². The molecule has 1 aromatic heterocycles. The molecule has 2 aromatic carbocycles. The van der Waals surface area contributed by atoms with E-state index >= 15 is 0 Å². The minimum Gasteiger partial charge on any atom is -0.366 e. The Balaban J connectivity index is 1.64. The Hall–Kier alpha value is -3.06. The number of aromatic nitrogens is 2. The van der Waals surface area contributed by atoms with Crippen molar-refractivity contribution >= 4 is 29.3 Å². The number of primary amides is 1. The molecule has 0 aliphatic heterocycles. The van der Waals surface area contributed by atoms with Crippen LogP contribution >= 0.6 is 11.8 Å². The third-order valence-corrected chi connectivity index (χ3v) is 4.84. The number of carbonyl (C=O) groups is 2. The number of benzene rings is 2. The molecular weight excluding hydrogens is 360 g/mol. The molecule has 0 atom stereocenters. The van der Waals surface area contributed by atoms with Gasteiger partial charge in [-0.25, -0.2) is 4.98 Å². The van der Waals surface area contributed by atoms with Crippen molar-refractivity contribution in [3.05, 3.63) is 71.5 Å². The molecule has 0 unspecified atom stereocenters. The van der Waals surface area contributed by atoms with Crippen molar-refractivity contribution in [1.82, 2.24) is 9.55 Å². The van der Waals surface area contributed by atoms with E-state index in [9.17, 15) is 9.59 Å². The predicted octanol–water partition coefficient (Wildman–Crippen LogP) is 3.32. The van der Waals surface area contributed by atoms with Crippen molar-refractivity contribution in [1.29, 1.82) is 0 Å². The monoisotopic (exact) mass is 380 g/mol. The summed E-state index contributed by atoms with van der Waals surface area (Å²) in [5, 5.41) is 3.55. The van der Waals surface area contributed by atoms with Crippen LogP contribution in [0.4, 0.5) is 5.69 Å². The third-order valence-electron chi connectivity index (χ3n) is 3.88. The summed E-state index contributed by atoms with van der Waals surface area (Å²) in [4.78, 5) is 27.7. The lowest BCUT2D eigenvalue weighted by Crippen LogP contribution is -2.15. The standard InChI is InChI=1S/C20H20N4O2S/c1-13-9-14(2)11-17(10-13)24-8-7-22-20(24)27-12-18(25)23-16-5-3-15(4-6-16)19(21)26/h3-11H,12H2,1-2H3,(H2,21,26)(H,23,25). The Morgan fingerprint density at radius 2 is 1.78 bits per heavy atom. The van der Waals surface area contributed by atoms with Crippen LogP contribution in [0.5, 0.6) is 0 Å². The fraction of sp³-hybridized carbons (Fsp3) is 0.150. The first-order valence-electron chi connectivity index (χ1n) is 8.37. The van der Waals surface area contributed by atoms with E-state index in [-0.39, 0.29) is 11.7 Å². The Labute approximate surface area is 161 Å². The van der Waals surface area contributed by atoms with E-state index in [0.29, 0.717) is 11.3 Å². The number of amides is 2. The maximum Gasteiger partial charge on any atom is 0.248 e. The summed E-state index contributed by atoms with van der Waals surface area (Å²) in [5.74, 6) is -0.428. The zero-order valence-corrected chi connectivity index (χ0v) is 15.9. The number of hydrogen-bond donors (Lipinski definition) is 2. The summed E-state index contributed by atoms with van der Waals surface area (Å²) in [6.45, 7) is 4.11. The van der Waals surface area contributed by atoms with E-state index in [4.69, 9.17) is 5.73 Å². The highest BCUT2D eigenvalue weighted by Crippen LogP contribution is 2.22. The molecule has 0 radical (unpaired) electrons. The van der Waals surface area contributed by atoms with Crippen LogP contribution in [0.2, 0.25) is 0 Å². The van der Waals surface area contributed by atoms with Crippen molar-refractivity contribution in [2.45, 2.75) is 19.0 Å². The smallest absolute Gasteiger partial charge is 0.248 e. The zero-order valence-electron chi connectivity index (χ0n) is 15.1. The van der Waals surface area contributed by atoms with E-state index < -0.39 is 5.91 Å². The SMILES string of the molecule is Cc1cc(C)cc(-n2ccnc2SCC(=O)Nc2ccc(C(N)=O)cc2)c1. The second kappa shape index (κ2) is 8.09. The molecule has 27 heavy (non-hydrogen) atoms. The van der Waals surface area contributed by atoms with Crippen LogP contribution in [0, 0.1) is 13.8 Å². The van der Waals surface area contributed by atoms with Gasteiger partial charge >= 0.3 is 0 Å². The normalized spacial score (nSPS) is 10.6. The molecule has 138 valence electrons. The van der Waals surface area contributed by atoms with Gasteiger partial charge in [0, 0.05) is 29.3 Å². The summed E-state index contributed by atoms with van der Waals surface area (Å²) < 4.78 is 1.97. The number of rotatable bonds is 6. The largest absolute Gasteiger partial charge is 0.366 e. The van der Waals surface area contributed by atoms with Gasteiger partial charge in [0.1, 0.15) is 0 Å². The van der Waals surface area contributed by atoms with Crippen LogP contribution in [0.1, 0.15) is 21.5 Å². The molecule has 3 rings (SSSR count). The van der Waals surface area contributed by atoms with Crippen molar-refractivity contribution in [3.8, 4) is 5.69 Å². The second-order valence-electron chi connectivity index (χ2n) is 6.20. The van der Waals surface area contributed by atoms with Gasteiger partial charge in [0.25, 0.3) is 0 Å². The van der Waals surface area contributed by atoms with Crippen molar-refractivity contribution in [2.24, 2.45) is 5.73 Å². The first-order valence-corrected chi connectivity index (χ1v) is 9.35. The van der Waals surface area contributed by atoms with E-state index in [2.05, 4.69) is 42.3 Å². The quantitative estimate of drug-likeness (QED) is 0.642. The summed E-state index contributed by atoms with van der Waals surface area (Å²) in [5.41, 5.74) is 9.59. The lowest BCUT2D eigenvalue weighted by atomic mass is 10.1. The minimum absolute atomic E-state index is 0.151. The Kier molecular flexibility index (Phi) is 5.61. The van der Waals surface area contributed by atoms with Crippen LogP contribution in [0.15, 0.2) is 60.0 Å². The molecule has 0 spiro atoms. The van der Waals surface area contributed by atoms with E-state index in [1.54, 1.807) is 30.5 Å². The third kappa shape index (κ3) is 4.77. The molecule has 0 saturated heterocycles. The molecular formula is C20H20N4O2S. The molecule has 0 fully saturated rings. The van der Waals surface area contributed by atoms with Crippen molar-refractivity contribution in [2.75, 3.05) is 11.1 Å². The number of thioether (sulfide) groups is 1. The van der Waals surface area contributed by atoms with Gasteiger partial charge in [-0.1, -0.05) is 17.8 Å². The fourth-order valence-electron chi connectivity index (χ4n) is 2.73. The van der Waals surface area contributed by atoms with Crippen molar-refractivity contribution < 1.29 is 9.59 Å². The highest BCUT2D eigenvalue weighted by molar-refractivity contribution is 7.99. The zero-order chi connectivity index (χ0) is 19.4. The number of anilines is 1. The maximum absolute atomic E-state index is 12.2. The molecule has 0 aliphatic rings. The molecule has 7 heteroatoms. The highest BCUT2D eigenvalue weighted by atomic mass is 32.2. The molecule has 0 bridgehead atoms. The van der Waals surface area contributed by atoms with E-state index in [1.165, 1.54) is 22.9 Å². The minimum atomic E-state index is -0.498. The van der Waals surface area contributed by atoms with Gasteiger partial charge in [0.15, 0.2) is 5.16 Å². The predicted molar refractivity (Wildman–Crippen MR) is 107 cm³/mol. The van der Waals surface area contributed by atoms with Gasteiger partial charge < -0.3 is 11.1 Å². The number of hydrogen-bond acceptors (Lipinski definition) is 4. The lowest BCUT2D eigenvalue weighted by molar-refractivity contribution is -0.113. The Morgan fingerprint density at radius 1 is 1.11 bits per heavy atom. The van der Waals surface area contributed by atoms with Gasteiger partial charge in [-0.05, 0) is 61.4 Å². The second-order valence-corrected chi connectivity index (χ2v) is 7.15. The molecule has 1 heterocycles. The average Bonchev–Trinajstić information content (AvgIpc) is 3.08. The maximum atomic E-state index is 12.2. The Morgan fingerprint density at radius 3 is 2.41 bits per heavy atom. The summed E-state index contributed by atoms with van der Waals surface area (Å²) in [6, 6.07) is 12.7. The summed E-state index contributed by atoms with van der Waals surface area (Å²) in [7, 11) is 0. The Bertz CT molecular complexity index is 960. The van der Waals surface area contributed by atoms with E-state index in [1.807, 2.05) is 10.8 Å². The van der Waals surface area contributed by atoms with Gasteiger partial charge in [-0.3, -0.25) is 14.2 Å². The van der Waals surface area contributed by atoms with Crippen molar-refractivity contribution in [3.63, 3.8) is 0 Å². The molecule has 3 N–H and O–H groups in total. The average molecular weight is 380 g/mol. The van der Waals surface area contributed by atoms with E-state index in [0.717, 1.165) is 10.8 Å². The molecule has 0 aliphatic carbocycles. The summed E-state index contributed by atoms with van der Waals surface area (Å²) in [6.07, 6.45) is 3.61. The first kappa shape index (κ1) is 18.7. The number of nitrogens with zero attached hydrogens (tertiary/aromatic N) is 2. The van der Waals surface area contributed by atoms with Gasteiger partial charge in [0.05, 0.1) is 5.75 Å². The number of nitrogens with one attached hydrogen (secondary N) is 1. The van der Waals surface area contributed by atoms with Crippen LogP contribution in [0.25, 0.3) is 5.69 Å². The number of nitrogens with two attached hydrogens (primary N) is 1. The fourth-order valence-corrected chi connectivity index (χ4v) is 3.50. The summed E-state index contributed by atoms with van der Waals surface area (Å²) >= 11 is 1.36. The number of aryl methyl sites for hydroxylation is 2. The molecule has 3 aromatic rings. The topological polar surface area (TPSA) is 90.0 Å². The first-order chi connectivity index (χ1) is 12.9. The lowest BCUT2D eigenvalue weighted by Gasteiger charge is -2.10. The highest BCUT2D eigenvalue weighted by Gasteiger charge is 2.10. The van der Waals surface area contributed by atoms with Crippen LogP contribution in [0.3, 0.4) is 0 Å². The van der Waals surface area contributed by atoms with Crippen LogP contribution in [-0.4, -0.2) is 27.1 Å².